The van der Waals surface area contributed by atoms with Gasteiger partial charge in [0.15, 0.2) is 0 Å². The minimum absolute atomic E-state index is 0.0280. The first-order valence-corrected chi connectivity index (χ1v) is 7.75. The first-order chi connectivity index (χ1) is 11.5. The van der Waals surface area contributed by atoms with Crippen LogP contribution in [0.4, 0.5) is 19.0 Å². The van der Waals surface area contributed by atoms with Crippen molar-refractivity contribution in [3.8, 4) is 16.9 Å². The molecule has 1 aliphatic rings. The predicted molar refractivity (Wildman–Crippen MR) is 85.5 cm³/mol. The molecule has 2 aromatic rings. The lowest BCUT2D eigenvalue weighted by Gasteiger charge is -2.14. The summed E-state index contributed by atoms with van der Waals surface area (Å²) in [5.41, 5.74) is 6.22. The SMILES string of the molecule is NC1CCC(Nc2ccc(-c3c(F)cccc3OC(F)F)cn2)C1. The molecule has 1 aromatic heterocycles. The summed E-state index contributed by atoms with van der Waals surface area (Å²) in [7, 11) is 0. The van der Waals surface area contributed by atoms with Crippen LogP contribution < -0.4 is 15.8 Å². The zero-order chi connectivity index (χ0) is 17.1. The Bertz CT molecular complexity index is 694. The molecule has 1 heterocycles. The van der Waals surface area contributed by atoms with E-state index in [0.29, 0.717) is 11.4 Å². The molecule has 4 nitrogen and oxygen atoms in total. The van der Waals surface area contributed by atoms with E-state index in [1.165, 1.54) is 24.4 Å². The van der Waals surface area contributed by atoms with Crippen molar-refractivity contribution in [2.75, 3.05) is 5.32 Å². The summed E-state index contributed by atoms with van der Waals surface area (Å²) in [6.45, 7) is -3.02. The van der Waals surface area contributed by atoms with Gasteiger partial charge in [-0.15, -0.1) is 0 Å². The monoisotopic (exact) mass is 337 g/mol. The highest BCUT2D eigenvalue weighted by molar-refractivity contribution is 5.71. The number of ether oxygens (including phenoxy) is 1. The average molecular weight is 337 g/mol. The van der Waals surface area contributed by atoms with Crippen LogP contribution in [0.5, 0.6) is 5.75 Å². The van der Waals surface area contributed by atoms with Gasteiger partial charge in [0.1, 0.15) is 17.4 Å². The van der Waals surface area contributed by atoms with E-state index in [9.17, 15) is 13.2 Å². The second-order valence-corrected chi connectivity index (χ2v) is 5.84. The van der Waals surface area contributed by atoms with Gasteiger partial charge in [-0.3, -0.25) is 0 Å². The Morgan fingerprint density at radius 2 is 2.04 bits per heavy atom. The molecule has 24 heavy (non-hydrogen) atoms. The van der Waals surface area contributed by atoms with Gasteiger partial charge in [-0.1, -0.05) is 6.07 Å². The number of aromatic nitrogens is 1. The van der Waals surface area contributed by atoms with Gasteiger partial charge in [0.25, 0.3) is 0 Å². The van der Waals surface area contributed by atoms with Crippen molar-refractivity contribution in [1.29, 1.82) is 0 Å². The Morgan fingerprint density at radius 1 is 1.21 bits per heavy atom. The fourth-order valence-electron chi connectivity index (χ4n) is 2.96. The van der Waals surface area contributed by atoms with Crippen molar-refractivity contribution in [2.45, 2.75) is 38.0 Å². The van der Waals surface area contributed by atoms with E-state index in [2.05, 4.69) is 15.0 Å². The minimum atomic E-state index is -3.02. The first kappa shape index (κ1) is 16.6. The van der Waals surface area contributed by atoms with E-state index >= 15 is 0 Å². The van der Waals surface area contributed by atoms with E-state index < -0.39 is 12.4 Å². The fraction of sp³-hybridized carbons (Fsp3) is 0.353. The number of rotatable bonds is 5. The fourth-order valence-corrected chi connectivity index (χ4v) is 2.96. The highest BCUT2D eigenvalue weighted by atomic mass is 19.3. The van der Waals surface area contributed by atoms with Gasteiger partial charge in [-0.25, -0.2) is 9.37 Å². The van der Waals surface area contributed by atoms with Crippen LogP contribution in [0.25, 0.3) is 11.1 Å². The summed E-state index contributed by atoms with van der Waals surface area (Å²) >= 11 is 0. The average Bonchev–Trinajstić information content (AvgIpc) is 2.93. The van der Waals surface area contributed by atoms with Crippen LogP contribution in [-0.2, 0) is 0 Å². The van der Waals surface area contributed by atoms with Gasteiger partial charge in [-0.2, -0.15) is 8.78 Å². The van der Waals surface area contributed by atoms with Crippen molar-refractivity contribution in [3.63, 3.8) is 0 Å². The third-order valence-electron chi connectivity index (χ3n) is 4.07. The van der Waals surface area contributed by atoms with Crippen LogP contribution >= 0.6 is 0 Å². The molecule has 0 bridgehead atoms. The molecule has 0 aliphatic heterocycles. The number of nitrogens with zero attached hydrogens (tertiary/aromatic N) is 1. The summed E-state index contributed by atoms with van der Waals surface area (Å²) in [6, 6.07) is 7.61. The van der Waals surface area contributed by atoms with Gasteiger partial charge in [0.2, 0.25) is 0 Å². The molecular formula is C17H18F3N3O. The number of anilines is 1. The van der Waals surface area contributed by atoms with Crippen LogP contribution in [0.1, 0.15) is 19.3 Å². The van der Waals surface area contributed by atoms with Crippen molar-refractivity contribution < 1.29 is 17.9 Å². The number of hydrogen-bond donors (Lipinski definition) is 2. The molecule has 3 N–H and O–H groups in total. The molecule has 3 rings (SSSR count). The summed E-state index contributed by atoms with van der Waals surface area (Å²) in [4.78, 5) is 4.24. The number of halogens is 3. The number of alkyl halides is 2. The third kappa shape index (κ3) is 3.79. The van der Waals surface area contributed by atoms with Crippen LogP contribution in [0.3, 0.4) is 0 Å². The lowest BCUT2D eigenvalue weighted by atomic mass is 10.1. The lowest BCUT2D eigenvalue weighted by molar-refractivity contribution is -0.0495. The molecule has 0 radical (unpaired) electrons. The van der Waals surface area contributed by atoms with Crippen LogP contribution in [0, 0.1) is 5.82 Å². The second-order valence-electron chi connectivity index (χ2n) is 5.84. The first-order valence-electron chi connectivity index (χ1n) is 7.75. The molecule has 128 valence electrons. The molecule has 1 aromatic carbocycles. The Hall–Kier alpha value is -2.28. The van der Waals surface area contributed by atoms with E-state index in [1.807, 2.05) is 0 Å². The lowest BCUT2D eigenvalue weighted by Crippen LogP contribution is -2.21. The van der Waals surface area contributed by atoms with E-state index in [1.54, 1.807) is 12.1 Å². The number of nitrogens with two attached hydrogens (primary N) is 1. The zero-order valence-electron chi connectivity index (χ0n) is 12.9. The van der Waals surface area contributed by atoms with E-state index in [4.69, 9.17) is 5.73 Å². The Labute approximate surface area is 137 Å². The van der Waals surface area contributed by atoms with Gasteiger partial charge >= 0.3 is 6.61 Å². The molecule has 1 fully saturated rings. The summed E-state index contributed by atoms with van der Waals surface area (Å²) in [5, 5.41) is 3.28. The van der Waals surface area contributed by atoms with Crippen molar-refractivity contribution in [2.24, 2.45) is 5.73 Å². The maximum atomic E-state index is 14.1. The molecule has 2 atom stereocenters. The highest BCUT2D eigenvalue weighted by Gasteiger charge is 2.22. The van der Waals surface area contributed by atoms with Gasteiger partial charge < -0.3 is 15.8 Å². The Morgan fingerprint density at radius 3 is 2.67 bits per heavy atom. The summed E-state index contributed by atoms with van der Waals surface area (Å²) < 4.78 is 43.5. The Kier molecular flexibility index (Phi) is 4.89. The molecule has 1 saturated carbocycles. The maximum absolute atomic E-state index is 14.1. The predicted octanol–water partition coefficient (Wildman–Crippen LogP) is 3.78. The standard InChI is InChI=1S/C17H18F3N3O/c18-13-2-1-3-14(24-17(19)20)16(13)10-4-7-15(22-9-10)23-12-6-5-11(21)8-12/h1-4,7,9,11-12,17H,5-6,8,21H2,(H,22,23). The minimum Gasteiger partial charge on any atom is -0.434 e. The van der Waals surface area contributed by atoms with E-state index in [-0.39, 0.29) is 23.4 Å². The van der Waals surface area contributed by atoms with Crippen molar-refractivity contribution in [1.82, 2.24) is 4.98 Å². The third-order valence-corrected chi connectivity index (χ3v) is 4.07. The number of pyridine rings is 1. The van der Waals surface area contributed by atoms with Crippen LogP contribution in [-0.4, -0.2) is 23.7 Å². The molecule has 2 unspecified atom stereocenters. The van der Waals surface area contributed by atoms with E-state index in [0.717, 1.165) is 19.3 Å². The van der Waals surface area contributed by atoms with Gasteiger partial charge in [0.05, 0.1) is 5.56 Å². The van der Waals surface area contributed by atoms with Crippen LogP contribution in [0.2, 0.25) is 0 Å². The largest absolute Gasteiger partial charge is 0.434 e. The molecule has 0 saturated heterocycles. The number of benzene rings is 1. The number of hydrogen-bond acceptors (Lipinski definition) is 4. The molecule has 0 amide bonds. The zero-order valence-corrected chi connectivity index (χ0v) is 12.9. The molecule has 0 spiro atoms. The highest BCUT2D eigenvalue weighted by Crippen LogP contribution is 2.33. The van der Waals surface area contributed by atoms with Gasteiger partial charge in [0, 0.05) is 23.8 Å². The summed E-state index contributed by atoms with van der Waals surface area (Å²) in [5.74, 6) is -0.211. The van der Waals surface area contributed by atoms with Crippen LogP contribution in [0.15, 0.2) is 36.5 Å². The Balaban J connectivity index is 1.80. The second kappa shape index (κ2) is 7.09. The van der Waals surface area contributed by atoms with Crippen molar-refractivity contribution >= 4 is 5.82 Å². The maximum Gasteiger partial charge on any atom is 0.387 e. The number of nitrogens with one attached hydrogen (secondary N) is 1. The molecule has 1 aliphatic carbocycles. The summed E-state index contributed by atoms with van der Waals surface area (Å²) in [6.07, 6.45) is 4.26. The smallest absolute Gasteiger partial charge is 0.387 e. The normalized spacial score (nSPS) is 20.4. The molecule has 7 heteroatoms. The topological polar surface area (TPSA) is 60.2 Å². The quantitative estimate of drug-likeness (QED) is 0.872. The van der Waals surface area contributed by atoms with Crippen molar-refractivity contribution in [3.05, 3.63) is 42.3 Å². The molecular weight excluding hydrogens is 319 g/mol. The van der Waals surface area contributed by atoms with Gasteiger partial charge in [-0.05, 0) is 43.5 Å².